The van der Waals surface area contributed by atoms with E-state index < -0.39 is 16.1 Å². The molecule has 0 fully saturated rings. The van der Waals surface area contributed by atoms with E-state index in [4.69, 9.17) is 5.73 Å². The van der Waals surface area contributed by atoms with Crippen LogP contribution < -0.4 is 15.8 Å². The predicted octanol–water partition coefficient (Wildman–Crippen LogP) is 4.46. The Kier molecular flexibility index (Phi) is 6.85. The largest absolute Gasteiger partial charge is 0.333 e. The van der Waals surface area contributed by atoms with Crippen LogP contribution in [0.15, 0.2) is 47.4 Å². The van der Waals surface area contributed by atoms with Crippen molar-refractivity contribution in [2.75, 3.05) is 5.32 Å². The zero-order valence-corrected chi connectivity index (χ0v) is 17.8. The van der Waals surface area contributed by atoms with Crippen molar-refractivity contribution >= 4 is 21.7 Å². The number of nitrogens with two attached hydrogens (primary N) is 1. The highest BCUT2D eigenvalue weighted by molar-refractivity contribution is 7.90. The number of anilines is 1. The summed E-state index contributed by atoms with van der Waals surface area (Å²) in [5.41, 5.74) is 9.07. The van der Waals surface area contributed by atoms with E-state index in [-0.39, 0.29) is 22.8 Å². The van der Waals surface area contributed by atoms with Crippen LogP contribution in [0.2, 0.25) is 0 Å². The summed E-state index contributed by atoms with van der Waals surface area (Å²) in [6.07, 6.45) is 0. The summed E-state index contributed by atoms with van der Waals surface area (Å²) in [5.74, 6) is 0.349. The fraction of sp³-hybridized carbons (Fsp3) is 0.381. The van der Waals surface area contributed by atoms with Gasteiger partial charge in [0.25, 0.3) is 10.0 Å². The lowest BCUT2D eigenvalue weighted by atomic mass is 9.93. The van der Waals surface area contributed by atoms with Gasteiger partial charge in [-0.2, -0.15) is 0 Å². The van der Waals surface area contributed by atoms with Crippen LogP contribution in [-0.2, 0) is 10.0 Å². The lowest BCUT2D eigenvalue weighted by molar-refractivity contribution is 0.256. The van der Waals surface area contributed by atoms with E-state index in [1.54, 1.807) is 19.1 Å². The van der Waals surface area contributed by atoms with E-state index >= 15 is 0 Å². The first-order valence-corrected chi connectivity index (χ1v) is 10.8. The van der Waals surface area contributed by atoms with Crippen molar-refractivity contribution in [1.82, 2.24) is 4.72 Å². The standard InChI is InChI=1S/C21H29N3O3S/c1-13(2)18-10-7-11-19(14(3)4)20(18)23-21(25)24-28(26,27)17-9-6-8-16(12-17)15(5)22/h6-15H,22H2,1-5H3,(H2,23,24,25). The molecule has 0 bridgehead atoms. The fourth-order valence-electron chi connectivity index (χ4n) is 2.98. The third-order valence-electron chi connectivity index (χ3n) is 4.53. The van der Waals surface area contributed by atoms with Crippen LogP contribution in [0.25, 0.3) is 0 Å². The number of rotatable bonds is 6. The van der Waals surface area contributed by atoms with Gasteiger partial charge in [0.1, 0.15) is 0 Å². The number of para-hydroxylation sites is 1. The molecule has 1 unspecified atom stereocenters. The van der Waals surface area contributed by atoms with Gasteiger partial charge in [-0.05, 0) is 47.6 Å². The van der Waals surface area contributed by atoms with Crippen molar-refractivity contribution in [3.8, 4) is 0 Å². The molecule has 2 amide bonds. The van der Waals surface area contributed by atoms with E-state index in [2.05, 4.69) is 10.0 Å². The average molecular weight is 404 g/mol. The number of carbonyl (C=O) groups is 1. The zero-order valence-electron chi connectivity index (χ0n) is 17.0. The molecule has 2 aromatic rings. The Morgan fingerprint density at radius 3 is 1.96 bits per heavy atom. The van der Waals surface area contributed by atoms with Crippen LogP contribution in [0.5, 0.6) is 0 Å². The number of urea groups is 1. The molecule has 0 aliphatic heterocycles. The minimum Gasteiger partial charge on any atom is -0.324 e. The smallest absolute Gasteiger partial charge is 0.324 e. The number of nitrogens with one attached hydrogen (secondary N) is 2. The van der Waals surface area contributed by atoms with Crippen LogP contribution in [0.4, 0.5) is 10.5 Å². The molecule has 0 aliphatic carbocycles. The van der Waals surface area contributed by atoms with Gasteiger partial charge in [0, 0.05) is 11.7 Å². The summed E-state index contributed by atoms with van der Waals surface area (Å²) in [4.78, 5) is 12.5. The molecule has 4 N–H and O–H groups in total. The second kappa shape index (κ2) is 8.75. The number of hydrogen-bond donors (Lipinski definition) is 3. The molecule has 0 radical (unpaired) electrons. The third-order valence-corrected chi connectivity index (χ3v) is 5.86. The van der Waals surface area contributed by atoms with Crippen LogP contribution >= 0.6 is 0 Å². The summed E-state index contributed by atoms with van der Waals surface area (Å²) in [5, 5.41) is 2.75. The Bertz CT molecular complexity index is 925. The minimum absolute atomic E-state index is 0.00122. The Labute approximate surface area is 167 Å². The molecule has 0 saturated carbocycles. The molecular weight excluding hydrogens is 374 g/mol. The third kappa shape index (κ3) is 5.11. The maximum atomic E-state index is 12.6. The zero-order chi connectivity index (χ0) is 21.1. The summed E-state index contributed by atoms with van der Waals surface area (Å²) in [6, 6.07) is 11.0. The van der Waals surface area contributed by atoms with Crippen molar-refractivity contribution < 1.29 is 13.2 Å². The van der Waals surface area contributed by atoms with Crippen LogP contribution in [0, 0.1) is 0 Å². The SMILES string of the molecule is CC(C)c1cccc(C(C)C)c1NC(=O)NS(=O)(=O)c1cccc(C(C)N)c1. The maximum absolute atomic E-state index is 12.6. The number of amides is 2. The molecule has 0 spiro atoms. The normalized spacial score (nSPS) is 12.9. The molecule has 0 saturated heterocycles. The average Bonchev–Trinajstić information content (AvgIpc) is 2.61. The van der Waals surface area contributed by atoms with Gasteiger partial charge >= 0.3 is 6.03 Å². The van der Waals surface area contributed by atoms with Gasteiger partial charge in [0.15, 0.2) is 0 Å². The van der Waals surface area contributed by atoms with Crippen LogP contribution in [0.3, 0.4) is 0 Å². The Morgan fingerprint density at radius 2 is 1.46 bits per heavy atom. The highest BCUT2D eigenvalue weighted by Crippen LogP contribution is 2.32. The Balaban J connectivity index is 2.30. The van der Waals surface area contributed by atoms with Gasteiger partial charge in [0.05, 0.1) is 4.90 Å². The van der Waals surface area contributed by atoms with E-state index in [0.29, 0.717) is 11.3 Å². The lowest BCUT2D eigenvalue weighted by Gasteiger charge is -2.20. The van der Waals surface area contributed by atoms with Crippen molar-refractivity contribution in [3.05, 3.63) is 59.2 Å². The molecule has 7 heteroatoms. The number of hydrogen-bond acceptors (Lipinski definition) is 4. The summed E-state index contributed by atoms with van der Waals surface area (Å²) in [6.45, 7) is 9.87. The number of sulfonamides is 1. The molecule has 0 heterocycles. The number of benzene rings is 2. The minimum atomic E-state index is -4.02. The first kappa shape index (κ1) is 21.9. The van der Waals surface area contributed by atoms with Crippen LogP contribution in [-0.4, -0.2) is 14.4 Å². The van der Waals surface area contributed by atoms with E-state index in [9.17, 15) is 13.2 Å². The first-order chi connectivity index (χ1) is 13.0. The van der Waals surface area contributed by atoms with Crippen molar-refractivity contribution in [3.63, 3.8) is 0 Å². The fourth-order valence-corrected chi connectivity index (χ4v) is 3.94. The van der Waals surface area contributed by atoms with Crippen molar-refractivity contribution in [1.29, 1.82) is 0 Å². The highest BCUT2D eigenvalue weighted by atomic mass is 32.2. The Morgan fingerprint density at radius 1 is 0.929 bits per heavy atom. The van der Waals surface area contributed by atoms with Gasteiger partial charge < -0.3 is 11.1 Å². The van der Waals surface area contributed by atoms with Gasteiger partial charge in [-0.15, -0.1) is 0 Å². The second-order valence-electron chi connectivity index (χ2n) is 7.54. The van der Waals surface area contributed by atoms with E-state index in [1.807, 2.05) is 45.9 Å². The summed E-state index contributed by atoms with van der Waals surface area (Å²) in [7, 11) is -4.02. The van der Waals surface area contributed by atoms with E-state index in [1.165, 1.54) is 12.1 Å². The molecule has 28 heavy (non-hydrogen) atoms. The first-order valence-electron chi connectivity index (χ1n) is 9.35. The maximum Gasteiger partial charge on any atom is 0.333 e. The molecule has 2 aromatic carbocycles. The molecule has 152 valence electrons. The van der Waals surface area contributed by atoms with Gasteiger partial charge in [-0.25, -0.2) is 17.9 Å². The van der Waals surface area contributed by atoms with Gasteiger partial charge in [0.2, 0.25) is 0 Å². The molecular formula is C21H29N3O3S. The number of carbonyl (C=O) groups excluding carboxylic acids is 1. The lowest BCUT2D eigenvalue weighted by Crippen LogP contribution is -2.35. The van der Waals surface area contributed by atoms with Crippen molar-refractivity contribution in [2.24, 2.45) is 5.73 Å². The molecule has 6 nitrogen and oxygen atoms in total. The van der Waals surface area contributed by atoms with Gasteiger partial charge in [-0.3, -0.25) is 0 Å². The molecule has 0 aromatic heterocycles. The predicted molar refractivity (Wildman–Crippen MR) is 113 cm³/mol. The van der Waals surface area contributed by atoms with Gasteiger partial charge in [-0.1, -0.05) is 58.0 Å². The summed E-state index contributed by atoms with van der Waals surface area (Å²) < 4.78 is 27.4. The van der Waals surface area contributed by atoms with Crippen molar-refractivity contribution in [2.45, 2.75) is 57.4 Å². The Hall–Kier alpha value is -2.38. The highest BCUT2D eigenvalue weighted by Gasteiger charge is 2.21. The van der Waals surface area contributed by atoms with E-state index in [0.717, 1.165) is 11.1 Å². The van der Waals surface area contributed by atoms with Crippen LogP contribution in [0.1, 0.15) is 69.2 Å². The molecule has 2 rings (SSSR count). The second-order valence-corrected chi connectivity index (χ2v) is 9.22. The summed E-state index contributed by atoms with van der Waals surface area (Å²) >= 11 is 0. The monoisotopic (exact) mass is 403 g/mol. The topological polar surface area (TPSA) is 101 Å². The molecule has 0 aliphatic rings. The quantitative estimate of drug-likeness (QED) is 0.662. The molecule has 1 atom stereocenters.